The summed E-state index contributed by atoms with van der Waals surface area (Å²) in [5.74, 6) is 0. The van der Waals surface area contributed by atoms with E-state index in [0.717, 1.165) is 12.1 Å². The molecule has 2 radical (unpaired) electrons. The minimum Gasteiger partial charge on any atom is -0.192 e. The Hall–Kier alpha value is -1.44. The van der Waals surface area contributed by atoms with Crippen LogP contribution in [0.4, 0.5) is 13.2 Å². The molecule has 0 unspecified atom stereocenters. The van der Waals surface area contributed by atoms with E-state index in [2.05, 4.69) is 0 Å². The average Bonchev–Trinajstić information content (AvgIpc) is 2.01. The molecule has 0 aromatic heterocycles. The van der Waals surface area contributed by atoms with Gasteiger partial charge in [0.15, 0.2) is 0 Å². The van der Waals surface area contributed by atoms with Crippen molar-refractivity contribution in [2.75, 3.05) is 0 Å². The van der Waals surface area contributed by atoms with Gasteiger partial charge < -0.3 is 0 Å². The summed E-state index contributed by atoms with van der Waals surface area (Å²) in [4.78, 5) is 0. The molecule has 0 saturated carbocycles. The predicted molar refractivity (Wildman–Crippen MR) is 41.5 cm³/mol. The Balaban J connectivity index is 3.26. The van der Waals surface area contributed by atoms with Crippen LogP contribution in [0.25, 0.3) is 0 Å². The van der Waals surface area contributed by atoms with Crippen LogP contribution in [0.1, 0.15) is 11.1 Å². The van der Waals surface area contributed by atoms with Crippen molar-refractivity contribution in [3.05, 3.63) is 29.3 Å². The van der Waals surface area contributed by atoms with Gasteiger partial charge in [-0.05, 0) is 6.07 Å². The van der Waals surface area contributed by atoms with E-state index in [1.54, 1.807) is 6.07 Å². The first-order valence-electron chi connectivity index (χ1n) is 3.31. The molecule has 0 amide bonds. The minimum atomic E-state index is -4.46. The third-order valence-corrected chi connectivity index (χ3v) is 1.41. The standard InChI is InChI=1S/C8H3BF3N/c9-7-2-5(4-13)1-6(3-7)8(10,11)12/h1-3H. The topological polar surface area (TPSA) is 23.8 Å². The average molecular weight is 181 g/mol. The number of hydrogen-bond donors (Lipinski definition) is 0. The summed E-state index contributed by atoms with van der Waals surface area (Å²) in [5.41, 5.74) is -1.05. The highest BCUT2D eigenvalue weighted by atomic mass is 19.4. The van der Waals surface area contributed by atoms with Crippen molar-refractivity contribution in [3.63, 3.8) is 0 Å². The van der Waals surface area contributed by atoms with Crippen LogP contribution in [-0.4, -0.2) is 7.85 Å². The molecule has 64 valence electrons. The Morgan fingerprint density at radius 1 is 1.23 bits per heavy atom. The van der Waals surface area contributed by atoms with Crippen LogP contribution in [0.15, 0.2) is 18.2 Å². The molecule has 13 heavy (non-hydrogen) atoms. The maximum atomic E-state index is 12.1. The third-order valence-electron chi connectivity index (χ3n) is 1.41. The Morgan fingerprint density at radius 3 is 2.31 bits per heavy atom. The molecule has 0 saturated heterocycles. The van der Waals surface area contributed by atoms with Crippen LogP contribution in [-0.2, 0) is 6.18 Å². The van der Waals surface area contributed by atoms with E-state index in [9.17, 15) is 13.2 Å². The van der Waals surface area contributed by atoms with Gasteiger partial charge >= 0.3 is 6.18 Å². The normalized spacial score (nSPS) is 10.9. The van der Waals surface area contributed by atoms with E-state index in [1.807, 2.05) is 0 Å². The van der Waals surface area contributed by atoms with Crippen LogP contribution in [0.5, 0.6) is 0 Å². The third kappa shape index (κ3) is 2.25. The zero-order chi connectivity index (χ0) is 10.1. The number of benzene rings is 1. The Labute approximate surface area is 74.2 Å². The molecule has 1 nitrogen and oxygen atoms in total. The number of nitriles is 1. The largest absolute Gasteiger partial charge is 0.416 e. The van der Waals surface area contributed by atoms with E-state index < -0.39 is 11.7 Å². The van der Waals surface area contributed by atoms with Crippen LogP contribution >= 0.6 is 0 Å². The molecule has 0 bridgehead atoms. The molecule has 0 aliphatic heterocycles. The SMILES string of the molecule is [B]c1cc(C#N)cc(C(F)(F)F)c1. The highest BCUT2D eigenvalue weighted by Crippen LogP contribution is 2.28. The van der Waals surface area contributed by atoms with Gasteiger partial charge in [0.05, 0.1) is 17.2 Å². The van der Waals surface area contributed by atoms with Crippen molar-refractivity contribution in [2.24, 2.45) is 0 Å². The fourth-order valence-electron chi connectivity index (χ4n) is 0.880. The summed E-state index contributed by atoms with van der Waals surface area (Å²) in [6, 6.07) is 4.34. The van der Waals surface area contributed by atoms with Gasteiger partial charge in [0.2, 0.25) is 0 Å². The van der Waals surface area contributed by atoms with Crippen LogP contribution in [0, 0.1) is 11.3 Å². The van der Waals surface area contributed by atoms with Crippen molar-refractivity contribution < 1.29 is 13.2 Å². The lowest BCUT2D eigenvalue weighted by Gasteiger charge is -2.07. The first-order chi connectivity index (χ1) is 5.93. The lowest BCUT2D eigenvalue weighted by atomic mass is 9.92. The molecule has 0 aliphatic rings. The molecule has 1 rings (SSSR count). The smallest absolute Gasteiger partial charge is 0.192 e. The summed E-state index contributed by atoms with van der Waals surface area (Å²) < 4.78 is 36.4. The molecule has 0 atom stereocenters. The van der Waals surface area contributed by atoms with Crippen molar-refractivity contribution in [1.29, 1.82) is 5.26 Å². The van der Waals surface area contributed by atoms with Crippen molar-refractivity contribution in [3.8, 4) is 6.07 Å². The second-order valence-electron chi connectivity index (χ2n) is 2.45. The molecule has 0 spiro atoms. The van der Waals surface area contributed by atoms with Gasteiger partial charge in [0.1, 0.15) is 7.85 Å². The van der Waals surface area contributed by atoms with Crippen molar-refractivity contribution in [1.82, 2.24) is 0 Å². The zero-order valence-corrected chi connectivity index (χ0v) is 6.39. The molecule has 5 heteroatoms. The van der Waals surface area contributed by atoms with Gasteiger partial charge in [-0.1, -0.05) is 17.6 Å². The molecular weight excluding hydrogens is 178 g/mol. The zero-order valence-electron chi connectivity index (χ0n) is 6.39. The molecule has 0 aliphatic carbocycles. The lowest BCUT2D eigenvalue weighted by molar-refractivity contribution is -0.137. The van der Waals surface area contributed by atoms with Crippen LogP contribution in [0.2, 0.25) is 0 Å². The Bertz CT molecular complexity index is 365. The molecule has 0 heterocycles. The number of halogens is 3. The van der Waals surface area contributed by atoms with Gasteiger partial charge in [-0.15, -0.1) is 0 Å². The minimum absolute atomic E-state index is 0.0635. The van der Waals surface area contributed by atoms with Gasteiger partial charge in [0.25, 0.3) is 0 Å². The van der Waals surface area contributed by atoms with E-state index in [4.69, 9.17) is 13.1 Å². The summed E-state index contributed by atoms with van der Waals surface area (Å²) in [5, 5.41) is 8.38. The number of alkyl halides is 3. The Morgan fingerprint density at radius 2 is 1.85 bits per heavy atom. The van der Waals surface area contributed by atoms with E-state index in [-0.39, 0.29) is 11.0 Å². The summed E-state index contributed by atoms with van der Waals surface area (Å²) in [7, 11) is 5.18. The van der Waals surface area contributed by atoms with E-state index in [0.29, 0.717) is 0 Å². The molecular formula is C8H3BF3N. The highest BCUT2D eigenvalue weighted by molar-refractivity contribution is 6.32. The summed E-state index contributed by atoms with van der Waals surface area (Å²) in [6.07, 6.45) is -4.46. The molecule has 1 aromatic rings. The Kier molecular flexibility index (Phi) is 2.33. The summed E-state index contributed by atoms with van der Waals surface area (Å²) in [6.45, 7) is 0. The van der Waals surface area contributed by atoms with E-state index >= 15 is 0 Å². The van der Waals surface area contributed by atoms with Gasteiger partial charge in [-0.25, -0.2) is 0 Å². The monoisotopic (exact) mass is 181 g/mol. The first-order valence-corrected chi connectivity index (χ1v) is 3.31. The number of rotatable bonds is 0. The number of hydrogen-bond acceptors (Lipinski definition) is 1. The van der Waals surface area contributed by atoms with Crippen LogP contribution in [0.3, 0.4) is 0 Å². The fourth-order valence-corrected chi connectivity index (χ4v) is 0.880. The van der Waals surface area contributed by atoms with Gasteiger partial charge in [-0.2, -0.15) is 18.4 Å². The number of nitrogens with zero attached hydrogens (tertiary/aromatic N) is 1. The second-order valence-corrected chi connectivity index (χ2v) is 2.45. The highest BCUT2D eigenvalue weighted by Gasteiger charge is 2.30. The lowest BCUT2D eigenvalue weighted by Crippen LogP contribution is -2.12. The quantitative estimate of drug-likeness (QED) is 0.554. The van der Waals surface area contributed by atoms with Crippen LogP contribution < -0.4 is 5.46 Å². The van der Waals surface area contributed by atoms with Gasteiger partial charge in [-0.3, -0.25) is 0 Å². The molecule has 0 N–H and O–H groups in total. The fraction of sp³-hybridized carbons (Fsp3) is 0.125. The predicted octanol–water partition coefficient (Wildman–Crippen LogP) is 1.37. The molecule has 0 fully saturated rings. The second kappa shape index (κ2) is 3.13. The maximum Gasteiger partial charge on any atom is 0.416 e. The van der Waals surface area contributed by atoms with E-state index in [1.165, 1.54) is 6.07 Å². The van der Waals surface area contributed by atoms with Gasteiger partial charge in [0, 0.05) is 0 Å². The summed E-state index contributed by atoms with van der Waals surface area (Å²) >= 11 is 0. The maximum absolute atomic E-state index is 12.1. The van der Waals surface area contributed by atoms with Crippen molar-refractivity contribution >= 4 is 13.3 Å². The molecule has 1 aromatic carbocycles. The first kappa shape index (κ1) is 9.65. The van der Waals surface area contributed by atoms with Crippen molar-refractivity contribution in [2.45, 2.75) is 6.18 Å².